The van der Waals surface area contributed by atoms with Crippen LogP contribution in [0.25, 0.3) is 0 Å². The predicted molar refractivity (Wildman–Crippen MR) is 93.3 cm³/mol. The average Bonchev–Trinajstić information content (AvgIpc) is 2.96. The lowest BCUT2D eigenvalue weighted by molar-refractivity contribution is 0.0526. The number of halogens is 2. The first-order chi connectivity index (χ1) is 10.4. The molecular formula is C14H20BrClN2O4S. The van der Waals surface area contributed by atoms with E-state index in [0.29, 0.717) is 29.7 Å². The van der Waals surface area contributed by atoms with Gasteiger partial charge in [0.25, 0.3) is 0 Å². The maximum atomic E-state index is 12.7. The van der Waals surface area contributed by atoms with Crippen LogP contribution in [0.4, 0.5) is 0 Å². The third-order valence-electron chi connectivity index (χ3n) is 3.64. The molecule has 0 amide bonds. The van der Waals surface area contributed by atoms with Gasteiger partial charge in [-0.2, -0.15) is 4.31 Å². The van der Waals surface area contributed by atoms with Crippen LogP contribution in [0.2, 0.25) is 0 Å². The summed E-state index contributed by atoms with van der Waals surface area (Å²) >= 11 is 3.24. The van der Waals surface area contributed by atoms with E-state index in [1.165, 1.54) is 22.5 Å². The number of rotatable bonds is 5. The van der Waals surface area contributed by atoms with Gasteiger partial charge < -0.3 is 10.5 Å². The largest absolute Gasteiger partial charge is 0.462 e. The van der Waals surface area contributed by atoms with Crippen molar-refractivity contribution in [1.29, 1.82) is 0 Å². The minimum atomic E-state index is -3.59. The molecule has 1 heterocycles. The smallest absolute Gasteiger partial charge is 0.338 e. The Bertz CT molecular complexity index is 669. The van der Waals surface area contributed by atoms with Crippen LogP contribution in [-0.4, -0.2) is 44.9 Å². The number of nitrogens with zero attached hydrogens (tertiary/aromatic N) is 1. The van der Waals surface area contributed by atoms with E-state index in [4.69, 9.17) is 10.5 Å². The fourth-order valence-electron chi connectivity index (χ4n) is 2.40. The van der Waals surface area contributed by atoms with Gasteiger partial charge in [0.1, 0.15) is 0 Å². The Hall–Kier alpha value is -0.670. The van der Waals surface area contributed by atoms with Gasteiger partial charge in [0.05, 0.1) is 17.1 Å². The zero-order valence-electron chi connectivity index (χ0n) is 12.7. The lowest BCUT2D eigenvalue weighted by Gasteiger charge is -2.17. The van der Waals surface area contributed by atoms with E-state index in [1.54, 1.807) is 6.92 Å². The maximum absolute atomic E-state index is 12.7. The molecule has 0 aliphatic carbocycles. The lowest BCUT2D eigenvalue weighted by Crippen LogP contribution is -2.30. The number of nitrogens with two attached hydrogens (primary N) is 1. The van der Waals surface area contributed by atoms with Gasteiger partial charge in [0.15, 0.2) is 0 Å². The first-order valence-electron chi connectivity index (χ1n) is 7.07. The van der Waals surface area contributed by atoms with Gasteiger partial charge in [-0.25, -0.2) is 13.2 Å². The number of carbonyl (C=O) groups excluding carboxylic acids is 1. The van der Waals surface area contributed by atoms with Crippen molar-refractivity contribution in [1.82, 2.24) is 4.31 Å². The van der Waals surface area contributed by atoms with E-state index in [2.05, 4.69) is 15.9 Å². The second-order valence-electron chi connectivity index (χ2n) is 5.12. The minimum Gasteiger partial charge on any atom is -0.462 e. The highest BCUT2D eigenvalue weighted by molar-refractivity contribution is 9.10. The number of hydrogen-bond acceptors (Lipinski definition) is 5. The van der Waals surface area contributed by atoms with E-state index in [9.17, 15) is 13.2 Å². The number of esters is 1. The standard InChI is InChI=1S/C14H19BrN2O4S.ClH/c1-2-21-14(18)11-3-4-13(12(15)7-11)22(19,20)17-6-5-10(8-16)9-17;/h3-4,7,10H,2,5-6,8-9,16H2,1H3;1H. The van der Waals surface area contributed by atoms with Crippen molar-refractivity contribution in [2.45, 2.75) is 18.2 Å². The fraction of sp³-hybridized carbons (Fsp3) is 0.500. The van der Waals surface area contributed by atoms with Crippen LogP contribution in [0, 0.1) is 5.92 Å². The Morgan fingerprint density at radius 2 is 2.17 bits per heavy atom. The van der Waals surface area contributed by atoms with Gasteiger partial charge in [-0.05, 0) is 59.9 Å². The molecule has 1 aliphatic heterocycles. The van der Waals surface area contributed by atoms with Crippen LogP contribution >= 0.6 is 28.3 Å². The number of carbonyl (C=O) groups is 1. The molecule has 1 fully saturated rings. The van der Waals surface area contributed by atoms with Crippen molar-refractivity contribution in [3.05, 3.63) is 28.2 Å². The Morgan fingerprint density at radius 1 is 1.48 bits per heavy atom. The van der Waals surface area contributed by atoms with Crippen molar-refractivity contribution >= 4 is 44.3 Å². The average molecular weight is 428 g/mol. The summed E-state index contributed by atoms with van der Waals surface area (Å²) in [5.74, 6) is -0.274. The molecule has 1 saturated heterocycles. The molecule has 2 rings (SSSR count). The highest BCUT2D eigenvalue weighted by Crippen LogP contribution is 2.29. The topological polar surface area (TPSA) is 89.7 Å². The van der Waals surface area contributed by atoms with Gasteiger partial charge in [-0.1, -0.05) is 0 Å². The van der Waals surface area contributed by atoms with Crippen LogP contribution in [0.1, 0.15) is 23.7 Å². The summed E-state index contributed by atoms with van der Waals surface area (Å²) in [4.78, 5) is 11.8. The monoisotopic (exact) mass is 426 g/mol. The Kier molecular flexibility index (Phi) is 7.47. The third kappa shape index (κ3) is 4.45. The quantitative estimate of drug-likeness (QED) is 0.726. The molecule has 0 aromatic heterocycles. The van der Waals surface area contributed by atoms with Crippen molar-refractivity contribution in [3.8, 4) is 0 Å². The van der Waals surface area contributed by atoms with Gasteiger partial charge in [0, 0.05) is 17.6 Å². The van der Waals surface area contributed by atoms with Gasteiger partial charge in [-0.15, -0.1) is 12.4 Å². The molecule has 2 N–H and O–H groups in total. The van der Waals surface area contributed by atoms with Crippen LogP contribution in [0.3, 0.4) is 0 Å². The van der Waals surface area contributed by atoms with Crippen molar-refractivity contribution in [3.63, 3.8) is 0 Å². The molecule has 1 aliphatic rings. The second kappa shape index (κ2) is 8.43. The number of hydrogen-bond donors (Lipinski definition) is 1. The Labute approximate surface area is 151 Å². The molecular weight excluding hydrogens is 408 g/mol. The number of sulfonamides is 1. The zero-order chi connectivity index (χ0) is 16.3. The van der Waals surface area contributed by atoms with E-state index >= 15 is 0 Å². The van der Waals surface area contributed by atoms with Crippen LogP contribution in [0.15, 0.2) is 27.6 Å². The molecule has 1 aromatic carbocycles. The first-order valence-corrected chi connectivity index (χ1v) is 9.30. The highest BCUT2D eigenvalue weighted by atomic mass is 79.9. The molecule has 0 radical (unpaired) electrons. The fourth-order valence-corrected chi connectivity index (χ4v) is 4.97. The summed E-state index contributed by atoms with van der Waals surface area (Å²) in [7, 11) is -3.59. The maximum Gasteiger partial charge on any atom is 0.338 e. The lowest BCUT2D eigenvalue weighted by atomic mass is 10.1. The predicted octanol–water partition coefficient (Wildman–Crippen LogP) is 2.02. The van der Waals surface area contributed by atoms with Crippen molar-refractivity contribution in [2.75, 3.05) is 26.2 Å². The van der Waals surface area contributed by atoms with Gasteiger partial charge in [-0.3, -0.25) is 0 Å². The van der Waals surface area contributed by atoms with Crippen molar-refractivity contribution in [2.24, 2.45) is 11.7 Å². The normalized spacial score (nSPS) is 18.5. The zero-order valence-corrected chi connectivity index (χ0v) is 15.9. The molecule has 1 unspecified atom stereocenters. The van der Waals surface area contributed by atoms with E-state index in [-0.39, 0.29) is 29.8 Å². The Morgan fingerprint density at radius 3 is 2.70 bits per heavy atom. The molecule has 1 aromatic rings. The van der Waals surface area contributed by atoms with Gasteiger partial charge >= 0.3 is 5.97 Å². The van der Waals surface area contributed by atoms with E-state index < -0.39 is 16.0 Å². The summed E-state index contributed by atoms with van der Waals surface area (Å²) in [6.07, 6.45) is 0.772. The van der Waals surface area contributed by atoms with E-state index in [1.807, 2.05) is 0 Å². The third-order valence-corrected chi connectivity index (χ3v) is 6.48. The molecule has 0 bridgehead atoms. The molecule has 1 atom stereocenters. The van der Waals surface area contributed by atoms with Crippen LogP contribution in [-0.2, 0) is 14.8 Å². The van der Waals surface area contributed by atoms with E-state index in [0.717, 1.165) is 6.42 Å². The summed E-state index contributed by atoms with van der Waals surface area (Å²) < 4.78 is 32.0. The SMILES string of the molecule is CCOC(=O)c1ccc(S(=O)(=O)N2CCC(CN)C2)c(Br)c1.Cl. The Balaban J connectivity index is 0.00000264. The summed E-state index contributed by atoms with van der Waals surface area (Å²) in [6.45, 7) is 3.37. The molecule has 23 heavy (non-hydrogen) atoms. The first kappa shape index (κ1) is 20.4. The molecule has 130 valence electrons. The number of benzene rings is 1. The molecule has 9 heteroatoms. The van der Waals surface area contributed by atoms with Gasteiger partial charge in [0.2, 0.25) is 10.0 Å². The van der Waals surface area contributed by atoms with Crippen molar-refractivity contribution < 1.29 is 17.9 Å². The van der Waals surface area contributed by atoms with Crippen LogP contribution in [0.5, 0.6) is 0 Å². The minimum absolute atomic E-state index is 0. The summed E-state index contributed by atoms with van der Waals surface area (Å²) in [5.41, 5.74) is 5.92. The number of ether oxygens (including phenoxy) is 1. The molecule has 0 saturated carbocycles. The summed E-state index contributed by atoms with van der Waals surface area (Å²) in [6, 6.07) is 4.37. The second-order valence-corrected chi connectivity index (χ2v) is 7.88. The summed E-state index contributed by atoms with van der Waals surface area (Å²) in [5, 5.41) is 0. The highest BCUT2D eigenvalue weighted by Gasteiger charge is 2.33. The molecule has 6 nitrogen and oxygen atoms in total. The van der Waals surface area contributed by atoms with Crippen LogP contribution < -0.4 is 5.73 Å². The molecule has 0 spiro atoms.